The minimum atomic E-state index is 0.499. The van der Waals surface area contributed by atoms with E-state index < -0.39 is 0 Å². The second-order valence-electron chi connectivity index (χ2n) is 5.29. The molecule has 6 heteroatoms. The topological polar surface area (TPSA) is 52.3 Å². The minimum Gasteiger partial charge on any atom is -0.497 e. The molecular formula is C15H16N4OS. The number of hydrogen-bond acceptors (Lipinski definition) is 5. The quantitative estimate of drug-likeness (QED) is 0.854. The summed E-state index contributed by atoms with van der Waals surface area (Å²) in [6.45, 7) is 0. The Morgan fingerprint density at radius 2 is 2.05 bits per heavy atom. The van der Waals surface area contributed by atoms with Crippen LogP contribution >= 0.6 is 11.8 Å². The lowest BCUT2D eigenvalue weighted by atomic mass is 9.98. The summed E-state index contributed by atoms with van der Waals surface area (Å²) in [4.78, 5) is 0. The fourth-order valence-corrected chi connectivity index (χ4v) is 3.96. The van der Waals surface area contributed by atoms with Gasteiger partial charge in [-0.3, -0.25) is 0 Å². The zero-order chi connectivity index (χ0) is 14.2. The highest BCUT2D eigenvalue weighted by Gasteiger charge is 2.29. The van der Waals surface area contributed by atoms with Crippen molar-refractivity contribution in [3.63, 3.8) is 0 Å². The van der Waals surface area contributed by atoms with E-state index in [0.717, 1.165) is 28.7 Å². The van der Waals surface area contributed by atoms with Crippen molar-refractivity contribution < 1.29 is 4.74 Å². The SMILES string of the molecule is COc1ccc(-c2nnc3n2N=C2CCCC[C@@H]2S3)cc1. The summed E-state index contributed by atoms with van der Waals surface area (Å²) in [5.74, 6) is 1.64. The van der Waals surface area contributed by atoms with E-state index in [1.54, 1.807) is 18.9 Å². The van der Waals surface area contributed by atoms with Gasteiger partial charge in [0.25, 0.3) is 0 Å². The first-order valence-corrected chi connectivity index (χ1v) is 8.07. The van der Waals surface area contributed by atoms with Crippen LogP contribution in [0, 0.1) is 0 Å². The van der Waals surface area contributed by atoms with Crippen molar-refractivity contribution in [2.45, 2.75) is 36.1 Å². The van der Waals surface area contributed by atoms with Gasteiger partial charge in [0.2, 0.25) is 5.16 Å². The first-order valence-electron chi connectivity index (χ1n) is 7.19. The molecule has 1 saturated carbocycles. The van der Waals surface area contributed by atoms with E-state index in [1.165, 1.54) is 25.0 Å². The average molecular weight is 300 g/mol. The molecule has 0 spiro atoms. The Labute approximate surface area is 127 Å². The lowest BCUT2D eigenvalue weighted by molar-refractivity contribution is 0.415. The van der Waals surface area contributed by atoms with E-state index in [1.807, 2.05) is 28.9 Å². The maximum Gasteiger partial charge on any atom is 0.213 e. The van der Waals surface area contributed by atoms with Crippen molar-refractivity contribution in [2.24, 2.45) is 5.10 Å². The van der Waals surface area contributed by atoms with Crippen molar-refractivity contribution in [2.75, 3.05) is 7.11 Å². The molecule has 0 saturated heterocycles. The third-order valence-corrected chi connectivity index (χ3v) is 5.22. The normalized spacial score (nSPS) is 20.4. The van der Waals surface area contributed by atoms with Gasteiger partial charge in [0.05, 0.1) is 18.1 Å². The van der Waals surface area contributed by atoms with Gasteiger partial charge in [-0.15, -0.1) is 10.2 Å². The average Bonchev–Trinajstić information content (AvgIpc) is 2.95. The molecular weight excluding hydrogens is 284 g/mol. The molecule has 2 heterocycles. The molecule has 1 aliphatic carbocycles. The number of hydrogen-bond donors (Lipinski definition) is 0. The van der Waals surface area contributed by atoms with Gasteiger partial charge in [-0.1, -0.05) is 18.2 Å². The predicted molar refractivity (Wildman–Crippen MR) is 83.0 cm³/mol. The summed E-state index contributed by atoms with van der Waals surface area (Å²) in [5, 5.41) is 14.8. The number of nitrogens with zero attached hydrogens (tertiary/aromatic N) is 4. The number of thioether (sulfide) groups is 1. The summed E-state index contributed by atoms with van der Waals surface area (Å²) in [7, 11) is 1.67. The van der Waals surface area contributed by atoms with Crippen LogP contribution in [0.4, 0.5) is 0 Å². The Balaban J connectivity index is 1.74. The molecule has 108 valence electrons. The van der Waals surface area contributed by atoms with Crippen LogP contribution in [-0.4, -0.2) is 32.9 Å². The Kier molecular flexibility index (Phi) is 3.18. The van der Waals surface area contributed by atoms with E-state index in [2.05, 4.69) is 10.2 Å². The fraction of sp³-hybridized carbons (Fsp3) is 0.400. The summed E-state index contributed by atoms with van der Waals surface area (Å²) in [6.07, 6.45) is 4.83. The molecule has 21 heavy (non-hydrogen) atoms. The molecule has 1 aromatic carbocycles. The zero-order valence-electron chi connectivity index (χ0n) is 11.8. The van der Waals surface area contributed by atoms with Gasteiger partial charge in [-0.05, 0) is 43.5 Å². The molecule has 0 bridgehead atoms. The highest BCUT2D eigenvalue weighted by molar-refractivity contribution is 8.00. The van der Waals surface area contributed by atoms with E-state index in [-0.39, 0.29) is 0 Å². The molecule has 2 aromatic rings. The number of aromatic nitrogens is 3. The molecule has 1 atom stereocenters. The van der Waals surface area contributed by atoms with Gasteiger partial charge >= 0.3 is 0 Å². The summed E-state index contributed by atoms with van der Waals surface area (Å²) >= 11 is 1.80. The van der Waals surface area contributed by atoms with E-state index in [9.17, 15) is 0 Å². The van der Waals surface area contributed by atoms with Crippen molar-refractivity contribution in [1.29, 1.82) is 0 Å². The molecule has 2 aliphatic rings. The Morgan fingerprint density at radius 1 is 1.19 bits per heavy atom. The maximum absolute atomic E-state index is 5.20. The molecule has 4 rings (SSSR count). The van der Waals surface area contributed by atoms with Crippen LogP contribution in [0.3, 0.4) is 0 Å². The third kappa shape index (κ3) is 2.23. The van der Waals surface area contributed by atoms with Crippen LogP contribution in [0.2, 0.25) is 0 Å². The Morgan fingerprint density at radius 3 is 2.86 bits per heavy atom. The van der Waals surface area contributed by atoms with Crippen LogP contribution < -0.4 is 4.74 Å². The highest BCUT2D eigenvalue weighted by atomic mass is 32.2. The third-order valence-electron chi connectivity index (χ3n) is 3.96. The first kappa shape index (κ1) is 12.9. The molecule has 0 radical (unpaired) electrons. The predicted octanol–water partition coefficient (Wildman–Crippen LogP) is 3.21. The minimum absolute atomic E-state index is 0.499. The largest absolute Gasteiger partial charge is 0.497 e. The Bertz CT molecular complexity index is 692. The molecule has 1 aliphatic heterocycles. The molecule has 0 N–H and O–H groups in total. The molecule has 1 aromatic heterocycles. The van der Waals surface area contributed by atoms with E-state index in [0.29, 0.717) is 5.25 Å². The molecule has 1 fully saturated rings. The second-order valence-corrected chi connectivity index (χ2v) is 6.46. The molecule has 0 unspecified atom stereocenters. The summed E-state index contributed by atoms with van der Waals surface area (Å²) in [6, 6.07) is 7.86. The standard InChI is InChI=1S/C15H16N4OS/c1-20-11-8-6-10(7-9-11)14-16-17-15-19(14)18-12-4-2-3-5-13(12)21-15/h6-9,13H,2-5H2,1H3/t13-/m0/s1. The number of methoxy groups -OCH3 is 1. The lowest BCUT2D eigenvalue weighted by Crippen LogP contribution is -2.26. The summed E-state index contributed by atoms with van der Waals surface area (Å²) in [5.41, 5.74) is 2.29. The number of fused-ring (bicyclic) bond motifs is 2. The second kappa shape index (κ2) is 5.18. The van der Waals surface area contributed by atoms with Gasteiger partial charge in [0.1, 0.15) is 5.75 Å². The lowest BCUT2D eigenvalue weighted by Gasteiger charge is -2.26. The van der Waals surface area contributed by atoms with Crippen LogP contribution in [-0.2, 0) is 0 Å². The van der Waals surface area contributed by atoms with Crippen LogP contribution in [0.1, 0.15) is 25.7 Å². The van der Waals surface area contributed by atoms with Crippen molar-refractivity contribution in [3.05, 3.63) is 24.3 Å². The van der Waals surface area contributed by atoms with Crippen molar-refractivity contribution >= 4 is 17.5 Å². The monoisotopic (exact) mass is 300 g/mol. The van der Waals surface area contributed by atoms with E-state index in [4.69, 9.17) is 9.84 Å². The van der Waals surface area contributed by atoms with Gasteiger partial charge < -0.3 is 4.74 Å². The van der Waals surface area contributed by atoms with Crippen molar-refractivity contribution in [3.8, 4) is 17.1 Å². The van der Waals surface area contributed by atoms with E-state index >= 15 is 0 Å². The van der Waals surface area contributed by atoms with Crippen molar-refractivity contribution in [1.82, 2.24) is 14.9 Å². The number of benzene rings is 1. The maximum atomic E-state index is 5.20. The molecule has 5 nitrogen and oxygen atoms in total. The van der Waals surface area contributed by atoms with Crippen LogP contribution in [0.25, 0.3) is 11.4 Å². The fourth-order valence-electron chi connectivity index (χ4n) is 2.81. The first-order chi connectivity index (χ1) is 10.3. The van der Waals surface area contributed by atoms with Crippen LogP contribution in [0.15, 0.2) is 34.5 Å². The Hall–Kier alpha value is -1.82. The van der Waals surface area contributed by atoms with Gasteiger partial charge in [0.15, 0.2) is 5.82 Å². The zero-order valence-corrected chi connectivity index (χ0v) is 12.6. The number of ether oxygens (including phenoxy) is 1. The summed E-state index contributed by atoms with van der Waals surface area (Å²) < 4.78 is 7.09. The molecule has 0 amide bonds. The van der Waals surface area contributed by atoms with Crippen LogP contribution in [0.5, 0.6) is 5.75 Å². The number of rotatable bonds is 2. The van der Waals surface area contributed by atoms with Gasteiger partial charge in [-0.25, -0.2) is 0 Å². The van der Waals surface area contributed by atoms with Gasteiger partial charge in [-0.2, -0.15) is 9.78 Å². The smallest absolute Gasteiger partial charge is 0.213 e. The van der Waals surface area contributed by atoms with Gasteiger partial charge in [0, 0.05) is 5.56 Å². The highest BCUT2D eigenvalue weighted by Crippen LogP contribution is 2.37.